The highest BCUT2D eigenvalue weighted by molar-refractivity contribution is 5.34. The van der Waals surface area contributed by atoms with Gasteiger partial charge in [0.2, 0.25) is 0 Å². The lowest BCUT2D eigenvalue weighted by Gasteiger charge is -2.11. The van der Waals surface area contributed by atoms with E-state index in [4.69, 9.17) is 0 Å². The average molecular weight is 337 g/mol. The van der Waals surface area contributed by atoms with Crippen molar-refractivity contribution in [3.05, 3.63) is 64.1 Å². The van der Waals surface area contributed by atoms with Crippen molar-refractivity contribution in [2.24, 2.45) is 7.05 Å². The van der Waals surface area contributed by atoms with Crippen LogP contribution in [0.4, 0.5) is 13.2 Å². The highest BCUT2D eigenvalue weighted by Crippen LogP contribution is 2.29. The van der Waals surface area contributed by atoms with Crippen molar-refractivity contribution in [3.63, 3.8) is 0 Å². The topological polar surface area (TPSA) is 57.6 Å². The minimum absolute atomic E-state index is 0.173. The highest BCUT2D eigenvalue weighted by Gasteiger charge is 2.30. The van der Waals surface area contributed by atoms with E-state index in [0.717, 1.165) is 17.7 Å². The van der Waals surface area contributed by atoms with Gasteiger partial charge in [0.15, 0.2) is 0 Å². The van der Waals surface area contributed by atoms with E-state index in [0.29, 0.717) is 11.4 Å². The summed E-state index contributed by atoms with van der Waals surface area (Å²) < 4.78 is 42.3. The predicted molar refractivity (Wildman–Crippen MR) is 79.9 cm³/mol. The molecule has 0 saturated carbocycles. The van der Waals surface area contributed by atoms with Crippen molar-refractivity contribution in [2.75, 3.05) is 0 Å². The fraction of sp³-hybridized carbons (Fsp3) is 0.267. The van der Waals surface area contributed by atoms with E-state index in [2.05, 4.69) is 10.1 Å². The zero-order valence-corrected chi connectivity index (χ0v) is 12.9. The molecule has 2 heterocycles. The van der Waals surface area contributed by atoms with E-state index in [1.165, 1.54) is 27.8 Å². The van der Waals surface area contributed by atoms with Gasteiger partial charge in [-0.2, -0.15) is 23.3 Å². The summed E-state index contributed by atoms with van der Waals surface area (Å²) in [6, 6.07) is 4.53. The standard InChI is InChI=1S/C15H14F3N5O/c1-10-7-21(2)20-13(10)8-22-14(24)19-9-23(22)12-5-3-11(4-6-12)15(16,17)18/h3-7,9H,8H2,1-2H3. The molecule has 0 unspecified atom stereocenters. The second kappa shape index (κ2) is 5.66. The van der Waals surface area contributed by atoms with Gasteiger partial charge in [-0.05, 0) is 36.8 Å². The molecule has 0 radical (unpaired) electrons. The average Bonchev–Trinajstić information content (AvgIpc) is 3.02. The molecule has 3 aromatic rings. The summed E-state index contributed by atoms with van der Waals surface area (Å²) in [4.78, 5) is 15.7. The first-order valence-corrected chi connectivity index (χ1v) is 7.07. The molecule has 0 atom stereocenters. The van der Waals surface area contributed by atoms with Crippen molar-refractivity contribution in [3.8, 4) is 5.69 Å². The molecular formula is C15H14F3N5O. The van der Waals surface area contributed by atoms with Crippen LogP contribution in [0.25, 0.3) is 5.69 Å². The zero-order valence-electron chi connectivity index (χ0n) is 12.9. The Morgan fingerprint density at radius 1 is 1.17 bits per heavy atom. The van der Waals surface area contributed by atoms with Crippen molar-refractivity contribution in [2.45, 2.75) is 19.6 Å². The summed E-state index contributed by atoms with van der Waals surface area (Å²) >= 11 is 0. The van der Waals surface area contributed by atoms with Gasteiger partial charge >= 0.3 is 11.9 Å². The van der Waals surface area contributed by atoms with Gasteiger partial charge in [-0.25, -0.2) is 14.2 Å². The summed E-state index contributed by atoms with van der Waals surface area (Å²) in [7, 11) is 1.77. The Hall–Kier alpha value is -2.84. The lowest BCUT2D eigenvalue weighted by molar-refractivity contribution is -0.137. The fourth-order valence-electron chi connectivity index (χ4n) is 2.43. The molecule has 0 aliphatic rings. The normalized spacial score (nSPS) is 11.9. The quantitative estimate of drug-likeness (QED) is 0.736. The lowest BCUT2D eigenvalue weighted by atomic mass is 10.2. The third-order valence-corrected chi connectivity index (χ3v) is 3.63. The van der Waals surface area contributed by atoms with Crippen molar-refractivity contribution < 1.29 is 13.2 Å². The van der Waals surface area contributed by atoms with Crippen LogP contribution in [-0.4, -0.2) is 24.1 Å². The van der Waals surface area contributed by atoms with E-state index >= 15 is 0 Å². The minimum Gasteiger partial charge on any atom is -0.275 e. The molecule has 0 aliphatic heterocycles. The van der Waals surface area contributed by atoms with Gasteiger partial charge in [-0.15, -0.1) is 0 Å². The monoisotopic (exact) mass is 337 g/mol. The second-order valence-corrected chi connectivity index (χ2v) is 5.41. The van der Waals surface area contributed by atoms with E-state index < -0.39 is 17.4 Å². The molecule has 0 bridgehead atoms. The molecule has 0 spiro atoms. The Balaban J connectivity index is 1.98. The van der Waals surface area contributed by atoms with Crippen molar-refractivity contribution >= 4 is 0 Å². The molecule has 0 N–H and O–H groups in total. The molecule has 0 amide bonds. The molecule has 9 heteroatoms. The van der Waals surface area contributed by atoms with Crippen LogP contribution in [0.1, 0.15) is 16.8 Å². The van der Waals surface area contributed by atoms with Crippen LogP contribution in [-0.2, 0) is 19.8 Å². The Labute approximate surface area is 134 Å². The Kier molecular flexibility index (Phi) is 3.78. The number of nitrogens with zero attached hydrogens (tertiary/aromatic N) is 5. The lowest BCUT2D eigenvalue weighted by Crippen LogP contribution is -2.24. The van der Waals surface area contributed by atoms with E-state index in [9.17, 15) is 18.0 Å². The molecule has 0 aliphatic carbocycles. The van der Waals surface area contributed by atoms with Crippen LogP contribution in [0.15, 0.2) is 41.6 Å². The summed E-state index contributed by atoms with van der Waals surface area (Å²) in [5.41, 5.74) is 0.754. The molecular weight excluding hydrogens is 323 g/mol. The van der Waals surface area contributed by atoms with Crippen LogP contribution in [0.5, 0.6) is 0 Å². The molecule has 0 saturated heterocycles. The second-order valence-electron chi connectivity index (χ2n) is 5.41. The van der Waals surface area contributed by atoms with Crippen LogP contribution >= 0.6 is 0 Å². The maximum Gasteiger partial charge on any atom is 0.416 e. The first kappa shape index (κ1) is 16.0. The van der Waals surface area contributed by atoms with Gasteiger partial charge in [-0.1, -0.05) is 0 Å². The number of halogens is 3. The number of aryl methyl sites for hydroxylation is 2. The van der Waals surface area contributed by atoms with Gasteiger partial charge in [-0.3, -0.25) is 4.68 Å². The molecule has 2 aromatic heterocycles. The highest BCUT2D eigenvalue weighted by atomic mass is 19.4. The SMILES string of the molecule is Cc1cn(C)nc1Cn1c(=O)ncn1-c1ccc(C(F)(F)F)cc1. The number of alkyl halides is 3. The summed E-state index contributed by atoms with van der Waals surface area (Å²) in [5, 5.41) is 4.27. The van der Waals surface area contributed by atoms with Crippen LogP contribution in [0.3, 0.4) is 0 Å². The molecule has 0 fully saturated rings. The number of hydrogen-bond donors (Lipinski definition) is 0. The van der Waals surface area contributed by atoms with Gasteiger partial charge in [0, 0.05) is 13.2 Å². The summed E-state index contributed by atoms with van der Waals surface area (Å²) in [5.74, 6) is 0. The maximum atomic E-state index is 12.7. The van der Waals surface area contributed by atoms with E-state index in [1.54, 1.807) is 11.7 Å². The molecule has 3 rings (SSSR count). The smallest absolute Gasteiger partial charge is 0.275 e. The van der Waals surface area contributed by atoms with Crippen LogP contribution in [0.2, 0.25) is 0 Å². The Morgan fingerprint density at radius 2 is 1.83 bits per heavy atom. The Bertz CT molecular complexity index is 918. The van der Waals surface area contributed by atoms with E-state index in [-0.39, 0.29) is 6.54 Å². The fourth-order valence-corrected chi connectivity index (χ4v) is 2.43. The first-order valence-electron chi connectivity index (χ1n) is 7.07. The third-order valence-electron chi connectivity index (χ3n) is 3.63. The summed E-state index contributed by atoms with van der Waals surface area (Å²) in [6.45, 7) is 2.04. The molecule has 6 nitrogen and oxygen atoms in total. The third kappa shape index (κ3) is 2.97. The molecule has 126 valence electrons. The largest absolute Gasteiger partial charge is 0.416 e. The first-order chi connectivity index (χ1) is 11.3. The molecule has 24 heavy (non-hydrogen) atoms. The summed E-state index contributed by atoms with van der Waals surface area (Å²) in [6.07, 6.45) is -1.30. The minimum atomic E-state index is -4.40. The van der Waals surface area contributed by atoms with Crippen LogP contribution in [0, 0.1) is 6.92 Å². The Morgan fingerprint density at radius 3 is 2.38 bits per heavy atom. The number of aromatic nitrogens is 5. The van der Waals surface area contributed by atoms with Gasteiger partial charge in [0.1, 0.15) is 6.33 Å². The van der Waals surface area contributed by atoms with Crippen molar-refractivity contribution in [1.82, 2.24) is 24.1 Å². The van der Waals surface area contributed by atoms with Gasteiger partial charge < -0.3 is 0 Å². The van der Waals surface area contributed by atoms with Gasteiger partial charge in [0.25, 0.3) is 0 Å². The number of benzene rings is 1. The maximum absolute atomic E-state index is 12.7. The predicted octanol–water partition coefficient (Wildman–Crippen LogP) is 2.14. The van der Waals surface area contributed by atoms with E-state index in [1.807, 2.05) is 13.1 Å². The van der Waals surface area contributed by atoms with Gasteiger partial charge in [0.05, 0.1) is 23.5 Å². The molecule has 1 aromatic carbocycles. The zero-order chi connectivity index (χ0) is 17.5. The van der Waals surface area contributed by atoms with Crippen LogP contribution < -0.4 is 5.69 Å². The number of rotatable bonds is 3. The van der Waals surface area contributed by atoms with Crippen molar-refractivity contribution in [1.29, 1.82) is 0 Å². The number of hydrogen-bond acceptors (Lipinski definition) is 3.